The van der Waals surface area contributed by atoms with Crippen LogP contribution in [0.5, 0.6) is 0 Å². The molecule has 2 heteroatoms. The fourth-order valence-electron chi connectivity index (χ4n) is 4.21. The fourth-order valence-corrected chi connectivity index (χ4v) is 4.21. The van der Waals surface area contributed by atoms with E-state index in [4.69, 9.17) is 4.74 Å². The first-order valence-electron chi connectivity index (χ1n) is 13.9. The molecule has 0 bridgehead atoms. The Morgan fingerprint density at radius 3 is 1.27 bits per heavy atom. The first kappa shape index (κ1) is 29.5. The van der Waals surface area contributed by atoms with E-state index in [9.17, 15) is 4.79 Å². The van der Waals surface area contributed by atoms with Gasteiger partial charge < -0.3 is 4.74 Å². The smallest absolute Gasteiger partial charge is 0.306 e. The zero-order valence-corrected chi connectivity index (χ0v) is 21.2. The van der Waals surface area contributed by atoms with Gasteiger partial charge in [-0.15, -0.1) is 0 Å². The molecule has 2 nitrogen and oxygen atoms in total. The second kappa shape index (κ2) is 24.7. The normalized spacial score (nSPS) is 12.2. The molecule has 0 aromatic carbocycles. The second-order valence-corrected chi connectivity index (χ2v) is 9.45. The third-order valence-electron chi connectivity index (χ3n) is 6.29. The summed E-state index contributed by atoms with van der Waals surface area (Å²) in [6.07, 6.45) is 28.9. The van der Waals surface area contributed by atoms with E-state index in [0.717, 1.165) is 19.3 Å². The minimum atomic E-state index is 0.0555. The van der Waals surface area contributed by atoms with Crippen LogP contribution in [0.4, 0.5) is 0 Å². The number of esters is 1. The Hall–Kier alpha value is -0.530. The van der Waals surface area contributed by atoms with Crippen molar-refractivity contribution in [2.45, 2.75) is 175 Å². The van der Waals surface area contributed by atoms with Gasteiger partial charge in [-0.3, -0.25) is 4.79 Å². The Bertz CT molecular complexity index is 340. The van der Waals surface area contributed by atoms with Gasteiger partial charge in [-0.25, -0.2) is 0 Å². The fraction of sp³-hybridized carbons (Fsp3) is 0.964. The molecule has 0 saturated carbocycles. The first-order chi connectivity index (χ1) is 14.7. The van der Waals surface area contributed by atoms with E-state index in [2.05, 4.69) is 20.8 Å². The van der Waals surface area contributed by atoms with Crippen molar-refractivity contribution in [3.05, 3.63) is 0 Å². The maximum absolute atomic E-state index is 12.3. The van der Waals surface area contributed by atoms with Gasteiger partial charge in [0, 0.05) is 6.42 Å². The summed E-state index contributed by atoms with van der Waals surface area (Å²) in [7, 11) is 0. The van der Waals surface area contributed by atoms with Crippen LogP contribution in [0.3, 0.4) is 0 Å². The van der Waals surface area contributed by atoms with E-state index < -0.39 is 0 Å². The minimum Gasteiger partial charge on any atom is -0.462 e. The molecule has 0 aliphatic carbocycles. The summed E-state index contributed by atoms with van der Waals surface area (Å²) >= 11 is 0. The highest BCUT2D eigenvalue weighted by atomic mass is 16.5. The van der Waals surface area contributed by atoms with Crippen LogP contribution in [0, 0.1) is 0 Å². The Kier molecular flexibility index (Phi) is 24.3. The molecular weight excluding hydrogens is 368 g/mol. The van der Waals surface area contributed by atoms with E-state index in [1.807, 2.05) is 0 Å². The van der Waals surface area contributed by atoms with Crippen LogP contribution in [-0.2, 0) is 9.53 Å². The second-order valence-electron chi connectivity index (χ2n) is 9.45. The SMILES string of the molecule is CCCCCCCCCCCC(CCCCCC)OC(=O)CCCCCCCCC. The van der Waals surface area contributed by atoms with Crippen molar-refractivity contribution < 1.29 is 9.53 Å². The molecule has 30 heavy (non-hydrogen) atoms. The molecule has 0 aromatic heterocycles. The molecule has 0 spiro atoms. The molecular formula is C28H56O2. The van der Waals surface area contributed by atoms with E-state index in [1.54, 1.807) is 0 Å². The maximum atomic E-state index is 12.3. The lowest BCUT2D eigenvalue weighted by molar-refractivity contribution is -0.150. The monoisotopic (exact) mass is 424 g/mol. The average Bonchev–Trinajstić information content (AvgIpc) is 2.74. The predicted octanol–water partition coefficient (Wildman–Crippen LogP) is 9.93. The molecule has 0 saturated heterocycles. The molecule has 0 aliphatic rings. The molecule has 0 amide bonds. The van der Waals surface area contributed by atoms with Gasteiger partial charge in [-0.05, 0) is 32.1 Å². The van der Waals surface area contributed by atoms with Crippen LogP contribution in [-0.4, -0.2) is 12.1 Å². The van der Waals surface area contributed by atoms with Gasteiger partial charge in [0.25, 0.3) is 0 Å². The van der Waals surface area contributed by atoms with Gasteiger partial charge in [0.15, 0.2) is 0 Å². The molecule has 0 aliphatic heterocycles. The number of hydrogen-bond acceptors (Lipinski definition) is 2. The van der Waals surface area contributed by atoms with Crippen LogP contribution in [0.25, 0.3) is 0 Å². The van der Waals surface area contributed by atoms with Crippen LogP contribution in [0.15, 0.2) is 0 Å². The maximum Gasteiger partial charge on any atom is 0.306 e. The van der Waals surface area contributed by atoms with Crippen LogP contribution >= 0.6 is 0 Å². The van der Waals surface area contributed by atoms with Crippen LogP contribution in [0.2, 0.25) is 0 Å². The number of ether oxygens (including phenoxy) is 1. The summed E-state index contributed by atoms with van der Waals surface area (Å²) in [6.45, 7) is 6.78. The summed E-state index contributed by atoms with van der Waals surface area (Å²) in [5, 5.41) is 0. The first-order valence-corrected chi connectivity index (χ1v) is 13.9. The molecule has 0 heterocycles. The molecule has 0 aromatic rings. The average molecular weight is 425 g/mol. The molecule has 0 fully saturated rings. The lowest BCUT2D eigenvalue weighted by Gasteiger charge is -2.18. The summed E-state index contributed by atoms with van der Waals surface area (Å²) in [5.74, 6) is 0.0555. The summed E-state index contributed by atoms with van der Waals surface area (Å²) in [5.41, 5.74) is 0. The Morgan fingerprint density at radius 1 is 0.500 bits per heavy atom. The molecule has 1 atom stereocenters. The predicted molar refractivity (Wildman–Crippen MR) is 133 cm³/mol. The van der Waals surface area contributed by atoms with E-state index >= 15 is 0 Å². The lowest BCUT2D eigenvalue weighted by atomic mass is 10.0. The standard InChI is InChI=1S/C28H56O2/c1-4-7-10-13-15-16-18-19-22-25-27(24-21-12-9-6-3)30-28(29)26-23-20-17-14-11-8-5-2/h27H,4-26H2,1-3H3. The number of hydrogen-bond donors (Lipinski definition) is 0. The Balaban J connectivity index is 3.90. The van der Waals surface area contributed by atoms with Crippen molar-refractivity contribution in [3.63, 3.8) is 0 Å². The van der Waals surface area contributed by atoms with Gasteiger partial charge in [0.1, 0.15) is 6.10 Å². The number of carbonyl (C=O) groups excluding carboxylic acids is 1. The largest absolute Gasteiger partial charge is 0.462 e. The highest BCUT2D eigenvalue weighted by molar-refractivity contribution is 5.69. The molecule has 180 valence electrons. The summed E-state index contributed by atoms with van der Waals surface area (Å²) in [6, 6.07) is 0. The number of unbranched alkanes of at least 4 members (excludes halogenated alkanes) is 17. The minimum absolute atomic E-state index is 0.0555. The molecule has 0 radical (unpaired) electrons. The highest BCUT2D eigenvalue weighted by Crippen LogP contribution is 2.18. The van der Waals surface area contributed by atoms with Crippen molar-refractivity contribution in [1.82, 2.24) is 0 Å². The third-order valence-corrected chi connectivity index (χ3v) is 6.29. The van der Waals surface area contributed by atoms with Gasteiger partial charge in [0.05, 0.1) is 0 Å². The van der Waals surface area contributed by atoms with Crippen molar-refractivity contribution >= 4 is 5.97 Å². The highest BCUT2D eigenvalue weighted by Gasteiger charge is 2.14. The topological polar surface area (TPSA) is 26.3 Å². The number of rotatable bonds is 24. The van der Waals surface area contributed by atoms with Crippen LogP contribution < -0.4 is 0 Å². The van der Waals surface area contributed by atoms with Gasteiger partial charge >= 0.3 is 5.97 Å². The van der Waals surface area contributed by atoms with E-state index in [1.165, 1.54) is 122 Å². The zero-order valence-electron chi connectivity index (χ0n) is 21.2. The van der Waals surface area contributed by atoms with Crippen molar-refractivity contribution in [3.8, 4) is 0 Å². The number of carbonyl (C=O) groups is 1. The third kappa shape index (κ3) is 22.2. The summed E-state index contributed by atoms with van der Waals surface area (Å²) in [4.78, 5) is 12.3. The Morgan fingerprint density at radius 2 is 0.833 bits per heavy atom. The van der Waals surface area contributed by atoms with Crippen molar-refractivity contribution in [2.24, 2.45) is 0 Å². The zero-order chi connectivity index (χ0) is 22.1. The quantitative estimate of drug-likeness (QED) is 0.114. The molecule has 1 unspecified atom stereocenters. The molecule has 0 rings (SSSR count). The van der Waals surface area contributed by atoms with Gasteiger partial charge in [-0.2, -0.15) is 0 Å². The van der Waals surface area contributed by atoms with Crippen molar-refractivity contribution in [2.75, 3.05) is 0 Å². The molecule has 0 N–H and O–H groups in total. The Labute approximate surface area is 190 Å². The summed E-state index contributed by atoms with van der Waals surface area (Å²) < 4.78 is 5.91. The van der Waals surface area contributed by atoms with Crippen molar-refractivity contribution in [1.29, 1.82) is 0 Å². The lowest BCUT2D eigenvalue weighted by Crippen LogP contribution is -2.18. The van der Waals surface area contributed by atoms with Crippen LogP contribution in [0.1, 0.15) is 168 Å². The van der Waals surface area contributed by atoms with Gasteiger partial charge in [-0.1, -0.05) is 130 Å². The van der Waals surface area contributed by atoms with E-state index in [0.29, 0.717) is 6.42 Å². The van der Waals surface area contributed by atoms with E-state index in [-0.39, 0.29) is 12.1 Å². The van der Waals surface area contributed by atoms with Gasteiger partial charge in [0.2, 0.25) is 0 Å².